The van der Waals surface area contributed by atoms with Crippen molar-refractivity contribution >= 4 is 27.5 Å². The molecule has 2 heterocycles. The largest absolute Gasteiger partial charge is 0.486 e. The number of ketones is 1. The maximum Gasteiger partial charge on any atom is 0.310 e. The zero-order valence-electron chi connectivity index (χ0n) is 21.5. The first kappa shape index (κ1) is 26.7. The van der Waals surface area contributed by atoms with Crippen molar-refractivity contribution in [3.63, 3.8) is 0 Å². The fourth-order valence-corrected chi connectivity index (χ4v) is 6.10. The van der Waals surface area contributed by atoms with Crippen molar-refractivity contribution in [3.05, 3.63) is 35.2 Å². The zero-order valence-corrected chi connectivity index (χ0v) is 22.4. The number of hydrogen-bond donors (Lipinski definition) is 0. The summed E-state index contributed by atoms with van der Waals surface area (Å²) in [5.74, 6) is -0.00393. The SMILES string of the molecule is CCn1nc(C)c(S(=O)(=O)N2C[C@H](CCC(C)=O)Oc3ccc(CC(=O)OC(C)(C)C)cc32)c1C. The summed E-state index contributed by atoms with van der Waals surface area (Å²) in [6, 6.07) is 5.06. The molecule has 0 amide bonds. The van der Waals surface area contributed by atoms with E-state index in [1.165, 1.54) is 11.2 Å². The van der Waals surface area contributed by atoms with Crippen LogP contribution in [-0.2, 0) is 37.3 Å². The number of nitrogens with zero attached hydrogens (tertiary/aromatic N) is 3. The van der Waals surface area contributed by atoms with Crippen LogP contribution in [0.1, 0.15) is 64.4 Å². The molecule has 1 aliphatic heterocycles. The summed E-state index contributed by atoms with van der Waals surface area (Å²) >= 11 is 0. The lowest BCUT2D eigenvalue weighted by Crippen LogP contribution is -2.44. The normalized spacial score (nSPS) is 16.0. The van der Waals surface area contributed by atoms with E-state index in [2.05, 4.69) is 5.10 Å². The number of esters is 1. The third-order valence-electron chi connectivity index (χ3n) is 5.70. The lowest BCUT2D eigenvalue weighted by molar-refractivity contribution is -0.153. The van der Waals surface area contributed by atoms with Crippen LogP contribution in [0.2, 0.25) is 0 Å². The van der Waals surface area contributed by atoms with Crippen LogP contribution in [0.25, 0.3) is 0 Å². The van der Waals surface area contributed by atoms with Crippen molar-refractivity contribution in [1.29, 1.82) is 0 Å². The summed E-state index contributed by atoms with van der Waals surface area (Å²) < 4.78 is 42.5. The molecule has 0 saturated heterocycles. The van der Waals surface area contributed by atoms with Crippen LogP contribution >= 0.6 is 0 Å². The maximum absolute atomic E-state index is 14.0. The number of benzene rings is 1. The molecule has 0 fully saturated rings. The first-order chi connectivity index (χ1) is 16.2. The fraction of sp³-hybridized carbons (Fsp3) is 0.560. The third kappa shape index (κ3) is 6.04. The molecule has 2 aromatic rings. The number of fused-ring (bicyclic) bond motifs is 1. The van der Waals surface area contributed by atoms with Crippen molar-refractivity contribution < 1.29 is 27.5 Å². The molecule has 1 aromatic carbocycles. The van der Waals surface area contributed by atoms with Gasteiger partial charge in [0.25, 0.3) is 10.0 Å². The van der Waals surface area contributed by atoms with Crippen LogP contribution in [-0.4, -0.2) is 48.2 Å². The minimum absolute atomic E-state index is 0.00196. The lowest BCUT2D eigenvalue weighted by atomic mass is 10.1. The summed E-state index contributed by atoms with van der Waals surface area (Å²) in [7, 11) is -4.00. The second-order valence-corrected chi connectivity index (χ2v) is 11.7. The number of aryl methyl sites for hydroxylation is 2. The van der Waals surface area contributed by atoms with Gasteiger partial charge in [-0.15, -0.1) is 0 Å². The van der Waals surface area contributed by atoms with E-state index in [1.54, 1.807) is 57.5 Å². The van der Waals surface area contributed by atoms with Crippen LogP contribution in [0.15, 0.2) is 23.1 Å². The van der Waals surface area contributed by atoms with Crippen molar-refractivity contribution in [3.8, 4) is 5.75 Å². The molecule has 192 valence electrons. The van der Waals surface area contributed by atoms with Crippen molar-refractivity contribution in [2.24, 2.45) is 0 Å². The van der Waals surface area contributed by atoms with Gasteiger partial charge in [-0.2, -0.15) is 5.10 Å². The molecule has 9 nitrogen and oxygen atoms in total. The summed E-state index contributed by atoms with van der Waals surface area (Å²) in [6.45, 7) is 12.8. The van der Waals surface area contributed by atoms with Gasteiger partial charge < -0.3 is 14.3 Å². The molecule has 0 unspecified atom stereocenters. The Kier molecular flexibility index (Phi) is 7.64. The Balaban J connectivity index is 2.05. The predicted octanol–water partition coefficient (Wildman–Crippen LogP) is 3.73. The quantitative estimate of drug-likeness (QED) is 0.503. The Morgan fingerprint density at radius 3 is 2.49 bits per heavy atom. The highest BCUT2D eigenvalue weighted by Crippen LogP contribution is 2.39. The molecule has 35 heavy (non-hydrogen) atoms. The predicted molar refractivity (Wildman–Crippen MR) is 132 cm³/mol. The lowest BCUT2D eigenvalue weighted by Gasteiger charge is -2.36. The van der Waals surface area contributed by atoms with Crippen LogP contribution in [0.3, 0.4) is 0 Å². The molecule has 0 bridgehead atoms. The second-order valence-electron chi connectivity index (χ2n) is 9.90. The van der Waals surface area contributed by atoms with E-state index in [9.17, 15) is 18.0 Å². The monoisotopic (exact) mass is 505 g/mol. The first-order valence-electron chi connectivity index (χ1n) is 11.8. The number of Topliss-reactive ketones (excluding diaryl/α,β-unsaturated/α-hetero) is 1. The van der Waals surface area contributed by atoms with Gasteiger partial charge in [0.2, 0.25) is 0 Å². The van der Waals surface area contributed by atoms with Crippen molar-refractivity contribution in [2.45, 2.75) is 90.9 Å². The number of hydrogen-bond acceptors (Lipinski definition) is 7. The molecule has 0 spiro atoms. The van der Waals surface area contributed by atoms with Crippen molar-refractivity contribution in [1.82, 2.24) is 9.78 Å². The van der Waals surface area contributed by atoms with Gasteiger partial charge in [0.15, 0.2) is 0 Å². The number of aromatic nitrogens is 2. The molecule has 1 atom stereocenters. The van der Waals surface area contributed by atoms with E-state index < -0.39 is 27.7 Å². The Bertz CT molecular complexity index is 1230. The molecule has 1 aromatic heterocycles. The van der Waals surface area contributed by atoms with Crippen molar-refractivity contribution in [2.75, 3.05) is 10.8 Å². The highest BCUT2D eigenvalue weighted by Gasteiger charge is 2.38. The Morgan fingerprint density at radius 1 is 1.23 bits per heavy atom. The smallest absolute Gasteiger partial charge is 0.310 e. The summed E-state index contributed by atoms with van der Waals surface area (Å²) in [5, 5.41) is 4.39. The molecule has 0 aliphatic carbocycles. The number of sulfonamides is 1. The summed E-state index contributed by atoms with van der Waals surface area (Å²) in [6.07, 6.45) is 0.195. The number of carbonyl (C=O) groups excluding carboxylic acids is 2. The first-order valence-corrected chi connectivity index (χ1v) is 13.2. The van der Waals surface area contributed by atoms with Gasteiger partial charge in [0.05, 0.1) is 30.0 Å². The molecule has 0 saturated carbocycles. The van der Waals surface area contributed by atoms with Crippen LogP contribution in [0.5, 0.6) is 5.75 Å². The maximum atomic E-state index is 14.0. The van der Waals surface area contributed by atoms with Gasteiger partial charge >= 0.3 is 5.97 Å². The Hall–Kier alpha value is -2.88. The summed E-state index contributed by atoms with van der Waals surface area (Å²) in [4.78, 5) is 24.1. The minimum atomic E-state index is -4.00. The number of anilines is 1. The highest BCUT2D eigenvalue weighted by molar-refractivity contribution is 7.93. The molecular weight excluding hydrogens is 470 g/mol. The molecular formula is C25H35N3O6S. The van der Waals surface area contributed by atoms with Gasteiger partial charge in [0, 0.05) is 13.0 Å². The van der Waals surface area contributed by atoms with Gasteiger partial charge in [-0.25, -0.2) is 8.42 Å². The highest BCUT2D eigenvalue weighted by atomic mass is 32.2. The molecule has 3 rings (SSSR count). The molecule has 0 radical (unpaired) electrons. The number of carbonyl (C=O) groups is 2. The molecule has 1 aliphatic rings. The van der Waals surface area contributed by atoms with Crippen LogP contribution in [0.4, 0.5) is 5.69 Å². The second kappa shape index (κ2) is 10.0. The number of ether oxygens (including phenoxy) is 2. The van der Waals surface area contributed by atoms with E-state index in [4.69, 9.17) is 9.47 Å². The average Bonchev–Trinajstić information content (AvgIpc) is 3.04. The van der Waals surface area contributed by atoms with Gasteiger partial charge in [0.1, 0.15) is 28.1 Å². The van der Waals surface area contributed by atoms with E-state index in [1.807, 2.05) is 6.92 Å². The van der Waals surface area contributed by atoms with Gasteiger partial charge in [-0.05, 0) is 72.6 Å². The van der Waals surface area contributed by atoms with Crippen LogP contribution < -0.4 is 9.04 Å². The molecule has 0 N–H and O–H groups in total. The molecule has 10 heteroatoms. The Labute approximate surface area is 207 Å². The van der Waals surface area contributed by atoms with Crippen LogP contribution in [0, 0.1) is 13.8 Å². The van der Waals surface area contributed by atoms with Gasteiger partial charge in [-0.3, -0.25) is 13.8 Å². The topological polar surface area (TPSA) is 108 Å². The number of rotatable bonds is 8. The third-order valence-corrected chi connectivity index (χ3v) is 7.74. The van der Waals surface area contributed by atoms with E-state index >= 15 is 0 Å². The standard InChI is InChI=1S/C25H35N3O6S/c1-8-27-18(4)24(17(3)26-27)35(31,32)28-15-20(11-9-16(2)29)33-22-12-10-19(13-21(22)28)14-23(30)34-25(5,6)7/h10,12-13,20H,8-9,11,14-15H2,1-7H3/t20-/m0/s1. The van der Waals surface area contributed by atoms with E-state index in [0.717, 1.165) is 0 Å². The Morgan fingerprint density at radius 2 is 1.91 bits per heavy atom. The summed E-state index contributed by atoms with van der Waals surface area (Å²) in [5.41, 5.74) is 1.32. The van der Waals surface area contributed by atoms with Gasteiger partial charge in [-0.1, -0.05) is 6.07 Å². The van der Waals surface area contributed by atoms with E-state index in [0.29, 0.717) is 41.4 Å². The average molecular weight is 506 g/mol. The zero-order chi connectivity index (χ0) is 26.1. The fourth-order valence-electron chi connectivity index (χ4n) is 4.23. The minimum Gasteiger partial charge on any atom is -0.486 e. The van der Waals surface area contributed by atoms with E-state index in [-0.39, 0.29) is 30.1 Å².